The van der Waals surface area contributed by atoms with Crippen molar-refractivity contribution in [3.63, 3.8) is 0 Å². The maximum Gasteiger partial charge on any atom is 0.303 e. The molecule has 5 atom stereocenters. The number of amidine groups is 1. The molecule has 0 bridgehead atoms. The quantitative estimate of drug-likeness (QED) is 0.503. The lowest BCUT2D eigenvalue weighted by molar-refractivity contribution is -0.208. The van der Waals surface area contributed by atoms with E-state index in [9.17, 15) is 14.4 Å². The molecule has 0 saturated carbocycles. The van der Waals surface area contributed by atoms with Crippen molar-refractivity contribution >= 4 is 34.8 Å². The van der Waals surface area contributed by atoms with Crippen molar-refractivity contribution in [3.05, 3.63) is 0 Å². The number of hydrogen-bond acceptors (Lipinski definition) is 10. The van der Waals surface area contributed by atoms with Gasteiger partial charge >= 0.3 is 17.9 Å². The number of nitrogens with zero attached hydrogens (tertiary/aromatic N) is 2. The van der Waals surface area contributed by atoms with Gasteiger partial charge in [-0.15, -0.1) is 0 Å². The minimum atomic E-state index is -0.923. The van der Waals surface area contributed by atoms with E-state index >= 15 is 0 Å². The summed E-state index contributed by atoms with van der Waals surface area (Å²) in [6, 6.07) is -0.524. The van der Waals surface area contributed by atoms with Crippen molar-refractivity contribution in [1.82, 2.24) is 4.90 Å². The molecule has 2 heterocycles. The summed E-state index contributed by atoms with van der Waals surface area (Å²) in [7, 11) is 3.67. The van der Waals surface area contributed by atoms with Gasteiger partial charge in [0.05, 0.1) is 0 Å². The molecule has 9 nitrogen and oxygen atoms in total. The first-order chi connectivity index (χ1) is 11.7. The largest absolute Gasteiger partial charge is 0.463 e. The molecule has 1 unspecified atom stereocenters. The second kappa shape index (κ2) is 8.05. The molecule has 2 rings (SSSR count). The Morgan fingerprint density at radius 2 is 1.68 bits per heavy atom. The Labute approximate surface area is 150 Å². The maximum atomic E-state index is 11.6. The summed E-state index contributed by atoms with van der Waals surface area (Å²) >= 11 is 1.37. The van der Waals surface area contributed by atoms with Gasteiger partial charge in [-0.1, -0.05) is 11.8 Å². The third-order valence-corrected chi connectivity index (χ3v) is 4.84. The van der Waals surface area contributed by atoms with Crippen LogP contribution in [-0.2, 0) is 33.3 Å². The van der Waals surface area contributed by atoms with Crippen molar-refractivity contribution in [2.24, 2.45) is 4.99 Å². The first kappa shape index (κ1) is 19.5. The molecule has 2 aliphatic rings. The molecule has 0 aliphatic carbocycles. The molecular formula is C15H22N2O7S. The minimum absolute atomic E-state index is 0.119. The van der Waals surface area contributed by atoms with Crippen molar-refractivity contribution in [3.8, 4) is 0 Å². The first-order valence-electron chi connectivity index (χ1n) is 7.74. The Kier molecular flexibility index (Phi) is 6.28. The monoisotopic (exact) mass is 374 g/mol. The second-order valence-electron chi connectivity index (χ2n) is 5.91. The van der Waals surface area contributed by atoms with Gasteiger partial charge in [0.1, 0.15) is 24.2 Å². The van der Waals surface area contributed by atoms with Crippen LogP contribution in [0.3, 0.4) is 0 Å². The molecule has 0 amide bonds. The maximum absolute atomic E-state index is 11.6. The summed E-state index contributed by atoms with van der Waals surface area (Å²) in [5.41, 5.74) is -0.436. The first-order valence-corrected chi connectivity index (χ1v) is 8.62. The van der Waals surface area contributed by atoms with E-state index in [4.69, 9.17) is 18.9 Å². The molecule has 2 aliphatic heterocycles. The van der Waals surface area contributed by atoms with E-state index in [0.717, 1.165) is 0 Å². The predicted octanol–water partition coefficient (Wildman–Crippen LogP) is 0.171. The standard InChI is InChI=1S/C15H22N2O7S/c1-7(18)21-6-10-12(22-8(2)19)13(23-9(3)20)11-14(24-10)25-15(16-11)17(4)5/h10-14H,6H2,1-5H3/t10-,11?,12-,13-,14+/m1/s1. The zero-order chi connectivity index (χ0) is 18.7. The van der Waals surface area contributed by atoms with E-state index < -0.39 is 47.7 Å². The fraction of sp³-hybridized carbons (Fsp3) is 0.733. The van der Waals surface area contributed by atoms with Crippen LogP contribution in [0.5, 0.6) is 0 Å². The summed E-state index contributed by atoms with van der Waals surface area (Å²) in [6.07, 6.45) is -2.51. The Bertz CT molecular complexity index is 580. The summed E-state index contributed by atoms with van der Waals surface area (Å²) in [5, 5.41) is 0.710. The number of esters is 3. The number of carbonyl (C=O) groups is 3. The highest BCUT2D eigenvalue weighted by molar-refractivity contribution is 8.14. The minimum Gasteiger partial charge on any atom is -0.463 e. The smallest absolute Gasteiger partial charge is 0.303 e. The Hall–Kier alpha value is -1.81. The number of carbonyl (C=O) groups excluding carboxylic acids is 3. The van der Waals surface area contributed by atoms with Crippen LogP contribution in [0.4, 0.5) is 0 Å². The van der Waals surface area contributed by atoms with E-state index in [-0.39, 0.29) is 6.61 Å². The molecule has 1 fully saturated rings. The van der Waals surface area contributed by atoms with Gasteiger partial charge in [-0.25, -0.2) is 0 Å². The molecule has 140 valence electrons. The van der Waals surface area contributed by atoms with Gasteiger partial charge in [0, 0.05) is 34.9 Å². The van der Waals surface area contributed by atoms with Crippen molar-refractivity contribution in [1.29, 1.82) is 0 Å². The van der Waals surface area contributed by atoms with Crippen LogP contribution in [0.1, 0.15) is 20.8 Å². The normalized spacial score (nSPS) is 30.8. The summed E-state index contributed by atoms with van der Waals surface area (Å²) in [6.45, 7) is 3.67. The highest BCUT2D eigenvalue weighted by atomic mass is 32.2. The molecule has 0 aromatic rings. The SMILES string of the molecule is CC(=O)OC[C@H]1O[C@H]2SC(N(C)C)=NC2[C@@H](OC(C)=O)[C@@H]1OC(C)=O. The van der Waals surface area contributed by atoms with Crippen LogP contribution >= 0.6 is 11.8 Å². The topological polar surface area (TPSA) is 104 Å². The van der Waals surface area contributed by atoms with Crippen molar-refractivity contribution in [2.75, 3.05) is 20.7 Å². The lowest BCUT2D eigenvalue weighted by Crippen LogP contribution is -2.59. The number of fused-ring (bicyclic) bond motifs is 1. The molecule has 10 heteroatoms. The highest BCUT2D eigenvalue weighted by Crippen LogP contribution is 2.39. The van der Waals surface area contributed by atoms with Crippen LogP contribution in [0, 0.1) is 0 Å². The number of rotatable bonds is 4. The zero-order valence-electron chi connectivity index (χ0n) is 14.8. The second-order valence-corrected chi connectivity index (χ2v) is 6.97. The van der Waals surface area contributed by atoms with E-state index in [2.05, 4.69) is 4.99 Å². The Morgan fingerprint density at radius 3 is 2.20 bits per heavy atom. The highest BCUT2D eigenvalue weighted by Gasteiger charge is 2.53. The van der Waals surface area contributed by atoms with Crippen LogP contribution in [0.2, 0.25) is 0 Å². The van der Waals surface area contributed by atoms with Crippen LogP contribution in [0.15, 0.2) is 4.99 Å². The third-order valence-electron chi connectivity index (χ3n) is 3.53. The molecule has 0 aromatic heterocycles. The third kappa shape index (κ3) is 4.85. The van der Waals surface area contributed by atoms with Gasteiger partial charge < -0.3 is 23.8 Å². The summed E-state index contributed by atoms with van der Waals surface area (Å²) < 4.78 is 21.7. The van der Waals surface area contributed by atoms with Crippen molar-refractivity contribution in [2.45, 2.75) is 50.6 Å². The van der Waals surface area contributed by atoms with Crippen LogP contribution < -0.4 is 0 Å². The number of ether oxygens (including phenoxy) is 4. The van der Waals surface area contributed by atoms with Gasteiger partial charge in [-0.05, 0) is 0 Å². The summed E-state index contributed by atoms with van der Waals surface area (Å²) in [4.78, 5) is 40.6. The van der Waals surface area contributed by atoms with E-state index in [1.54, 1.807) is 0 Å². The molecule has 0 spiro atoms. The van der Waals surface area contributed by atoms with Crippen LogP contribution in [0.25, 0.3) is 0 Å². The lowest BCUT2D eigenvalue weighted by atomic mass is 9.98. The molecular weight excluding hydrogens is 352 g/mol. The molecule has 0 N–H and O–H groups in total. The summed E-state index contributed by atoms with van der Waals surface area (Å²) in [5.74, 6) is -1.56. The van der Waals surface area contributed by atoms with E-state index in [0.29, 0.717) is 5.17 Å². The molecule has 0 aromatic carbocycles. The molecule has 1 saturated heterocycles. The van der Waals surface area contributed by atoms with Gasteiger partial charge in [-0.2, -0.15) is 0 Å². The Balaban J connectivity index is 2.30. The molecule has 0 radical (unpaired) electrons. The fourth-order valence-corrected chi connectivity index (χ4v) is 3.76. The predicted molar refractivity (Wildman–Crippen MR) is 88.9 cm³/mol. The van der Waals surface area contributed by atoms with Crippen molar-refractivity contribution < 1.29 is 33.3 Å². The van der Waals surface area contributed by atoms with E-state index in [1.165, 1.54) is 32.5 Å². The zero-order valence-corrected chi connectivity index (χ0v) is 15.6. The van der Waals surface area contributed by atoms with E-state index in [1.807, 2.05) is 19.0 Å². The van der Waals surface area contributed by atoms with Gasteiger partial charge in [-0.3, -0.25) is 19.4 Å². The Morgan fingerprint density at radius 1 is 1.08 bits per heavy atom. The van der Waals surface area contributed by atoms with Crippen LogP contribution in [-0.4, -0.2) is 78.5 Å². The average Bonchev–Trinajstić information content (AvgIpc) is 2.91. The van der Waals surface area contributed by atoms with Gasteiger partial charge in [0.2, 0.25) is 0 Å². The number of aliphatic imine (C=N–C) groups is 1. The van der Waals surface area contributed by atoms with Gasteiger partial charge in [0.15, 0.2) is 17.4 Å². The molecule has 25 heavy (non-hydrogen) atoms. The lowest BCUT2D eigenvalue weighted by Gasteiger charge is -2.41. The number of hydrogen-bond donors (Lipinski definition) is 0. The average molecular weight is 374 g/mol. The van der Waals surface area contributed by atoms with Gasteiger partial charge in [0.25, 0.3) is 0 Å². The fourth-order valence-electron chi connectivity index (χ4n) is 2.60. The number of thioether (sulfide) groups is 1.